The molecular weight excluding hydrogens is 352 g/mol. The van der Waals surface area contributed by atoms with Crippen LogP contribution in [-0.4, -0.2) is 45.4 Å². The van der Waals surface area contributed by atoms with E-state index in [-0.39, 0.29) is 23.8 Å². The summed E-state index contributed by atoms with van der Waals surface area (Å²) in [5, 5.41) is 3.68. The lowest BCUT2D eigenvalue weighted by molar-refractivity contribution is -0.127. The van der Waals surface area contributed by atoms with Gasteiger partial charge in [-0.05, 0) is 44.0 Å². The summed E-state index contributed by atoms with van der Waals surface area (Å²) in [4.78, 5) is 30.8. The average molecular weight is 375 g/mol. The van der Waals surface area contributed by atoms with Crippen molar-refractivity contribution in [1.29, 1.82) is 0 Å². The van der Waals surface area contributed by atoms with Crippen molar-refractivity contribution in [2.45, 2.75) is 32.4 Å². The molecule has 2 aromatic rings. The van der Waals surface area contributed by atoms with E-state index < -0.39 is 0 Å². The number of imidazole rings is 1. The molecule has 7 heteroatoms. The van der Waals surface area contributed by atoms with E-state index in [0.29, 0.717) is 43.1 Å². The summed E-state index contributed by atoms with van der Waals surface area (Å²) in [6, 6.07) is 6.95. The third-order valence-electron chi connectivity index (χ3n) is 4.68. The van der Waals surface area contributed by atoms with Gasteiger partial charge in [-0.15, -0.1) is 0 Å². The van der Waals surface area contributed by atoms with Gasteiger partial charge < -0.3 is 14.8 Å². The Morgan fingerprint density at radius 3 is 2.58 bits per heavy atom. The molecule has 3 rings (SSSR count). The summed E-state index contributed by atoms with van der Waals surface area (Å²) < 4.78 is 1.94. The van der Waals surface area contributed by atoms with Crippen molar-refractivity contribution in [3.8, 4) is 0 Å². The molecule has 1 atom stereocenters. The number of likely N-dealkylation sites (tertiary alicyclic amines) is 1. The van der Waals surface area contributed by atoms with E-state index in [4.69, 9.17) is 11.6 Å². The third-order valence-corrected chi connectivity index (χ3v) is 4.93. The fraction of sp³-hybridized carbons (Fsp3) is 0.421. The number of hydrogen-bond donors (Lipinski definition) is 1. The molecule has 2 amide bonds. The fourth-order valence-electron chi connectivity index (χ4n) is 3.24. The third kappa shape index (κ3) is 4.64. The van der Waals surface area contributed by atoms with E-state index in [0.717, 1.165) is 0 Å². The van der Waals surface area contributed by atoms with Crippen LogP contribution in [0.4, 0.5) is 0 Å². The Balaban J connectivity index is 1.47. The van der Waals surface area contributed by atoms with Crippen molar-refractivity contribution in [3.05, 3.63) is 53.6 Å². The predicted molar refractivity (Wildman–Crippen MR) is 99.9 cm³/mol. The van der Waals surface area contributed by atoms with E-state index in [1.807, 2.05) is 22.6 Å². The van der Waals surface area contributed by atoms with Crippen LogP contribution < -0.4 is 5.32 Å². The van der Waals surface area contributed by atoms with E-state index in [1.54, 1.807) is 36.8 Å². The zero-order valence-corrected chi connectivity index (χ0v) is 15.5. The quantitative estimate of drug-likeness (QED) is 0.874. The number of piperidine rings is 1. The number of halogens is 1. The van der Waals surface area contributed by atoms with Crippen LogP contribution in [-0.2, 0) is 11.3 Å². The molecule has 1 N–H and O–H groups in total. The van der Waals surface area contributed by atoms with Crippen LogP contribution in [0, 0.1) is 5.92 Å². The topological polar surface area (TPSA) is 67.2 Å². The molecule has 0 aliphatic carbocycles. The molecule has 6 nitrogen and oxygen atoms in total. The summed E-state index contributed by atoms with van der Waals surface area (Å²) in [6.45, 7) is 3.86. The van der Waals surface area contributed by atoms with Gasteiger partial charge in [0.1, 0.15) is 0 Å². The van der Waals surface area contributed by atoms with E-state index >= 15 is 0 Å². The number of nitrogens with one attached hydrogen (secondary N) is 1. The Bertz CT molecular complexity index is 737. The minimum Gasteiger partial charge on any atom is -0.352 e. The second kappa shape index (κ2) is 8.36. The number of carbonyl (C=O) groups excluding carboxylic acids is 2. The Hall–Kier alpha value is -2.34. The Morgan fingerprint density at radius 1 is 1.27 bits per heavy atom. The van der Waals surface area contributed by atoms with Gasteiger partial charge in [-0.2, -0.15) is 0 Å². The molecule has 1 fully saturated rings. The Morgan fingerprint density at radius 2 is 1.96 bits per heavy atom. The first-order valence-electron chi connectivity index (χ1n) is 8.84. The standard InChI is InChI=1S/C19H23ClN4O2/c1-14(12-23-11-8-21-13-23)22-18(25)15-6-9-24(10-7-15)19(26)16-2-4-17(20)5-3-16/h2-5,8,11,13-15H,6-7,9-10,12H2,1H3,(H,22,25)/t14-/m1/s1. The molecule has 1 aromatic carbocycles. The first-order chi connectivity index (χ1) is 12.5. The number of rotatable bonds is 5. The maximum Gasteiger partial charge on any atom is 0.253 e. The molecule has 1 aliphatic heterocycles. The van der Waals surface area contributed by atoms with Gasteiger partial charge in [-0.25, -0.2) is 4.98 Å². The smallest absolute Gasteiger partial charge is 0.253 e. The lowest BCUT2D eigenvalue weighted by Gasteiger charge is -2.32. The minimum absolute atomic E-state index is 0.00555. The molecule has 2 heterocycles. The van der Waals surface area contributed by atoms with E-state index in [9.17, 15) is 9.59 Å². The van der Waals surface area contributed by atoms with Gasteiger partial charge in [0.05, 0.1) is 6.33 Å². The van der Waals surface area contributed by atoms with Gasteiger partial charge in [0.15, 0.2) is 0 Å². The monoisotopic (exact) mass is 374 g/mol. The molecule has 1 aromatic heterocycles. The van der Waals surface area contributed by atoms with E-state index in [1.165, 1.54) is 0 Å². The first-order valence-corrected chi connectivity index (χ1v) is 9.21. The van der Waals surface area contributed by atoms with Crippen molar-refractivity contribution >= 4 is 23.4 Å². The normalized spacial score (nSPS) is 16.3. The number of carbonyl (C=O) groups is 2. The predicted octanol–water partition coefficient (Wildman–Crippen LogP) is 2.59. The summed E-state index contributed by atoms with van der Waals surface area (Å²) in [5.41, 5.74) is 0.631. The Kier molecular flexibility index (Phi) is 5.93. The summed E-state index contributed by atoms with van der Waals surface area (Å²) in [7, 11) is 0. The highest BCUT2D eigenvalue weighted by molar-refractivity contribution is 6.30. The summed E-state index contributed by atoms with van der Waals surface area (Å²) in [6.07, 6.45) is 6.71. The number of hydrogen-bond acceptors (Lipinski definition) is 3. The molecule has 0 unspecified atom stereocenters. The number of amides is 2. The lowest BCUT2D eigenvalue weighted by Crippen LogP contribution is -2.45. The lowest BCUT2D eigenvalue weighted by atomic mass is 9.95. The maximum absolute atomic E-state index is 12.5. The molecular formula is C19H23ClN4O2. The Labute approximate surface area is 158 Å². The van der Waals surface area contributed by atoms with Crippen molar-refractivity contribution < 1.29 is 9.59 Å². The highest BCUT2D eigenvalue weighted by Crippen LogP contribution is 2.20. The fourth-order valence-corrected chi connectivity index (χ4v) is 3.36. The molecule has 0 radical (unpaired) electrons. The zero-order chi connectivity index (χ0) is 18.5. The SMILES string of the molecule is C[C@H](Cn1ccnc1)NC(=O)C1CCN(C(=O)c2ccc(Cl)cc2)CC1. The van der Waals surface area contributed by atoms with Crippen molar-refractivity contribution in [1.82, 2.24) is 19.8 Å². The highest BCUT2D eigenvalue weighted by Gasteiger charge is 2.28. The molecule has 0 spiro atoms. The molecule has 0 saturated carbocycles. The minimum atomic E-state index is -0.0468. The largest absolute Gasteiger partial charge is 0.352 e. The summed E-state index contributed by atoms with van der Waals surface area (Å²) >= 11 is 5.87. The molecule has 138 valence electrons. The van der Waals surface area contributed by atoms with Gasteiger partial charge in [0.25, 0.3) is 5.91 Å². The second-order valence-corrected chi connectivity index (χ2v) is 7.18. The highest BCUT2D eigenvalue weighted by atomic mass is 35.5. The van der Waals surface area contributed by atoms with Crippen LogP contribution in [0.2, 0.25) is 5.02 Å². The van der Waals surface area contributed by atoms with E-state index in [2.05, 4.69) is 10.3 Å². The maximum atomic E-state index is 12.5. The van der Waals surface area contributed by atoms with Crippen molar-refractivity contribution in [3.63, 3.8) is 0 Å². The van der Waals surface area contributed by atoms with Crippen LogP contribution in [0.1, 0.15) is 30.1 Å². The molecule has 1 saturated heterocycles. The van der Waals surface area contributed by atoms with Crippen LogP contribution in [0.5, 0.6) is 0 Å². The van der Waals surface area contributed by atoms with Gasteiger partial charge in [-0.1, -0.05) is 11.6 Å². The van der Waals surface area contributed by atoms with Crippen LogP contribution >= 0.6 is 11.6 Å². The van der Waals surface area contributed by atoms with Gasteiger partial charge in [0.2, 0.25) is 5.91 Å². The van der Waals surface area contributed by atoms with Crippen molar-refractivity contribution in [2.24, 2.45) is 5.92 Å². The van der Waals surface area contributed by atoms with Gasteiger partial charge >= 0.3 is 0 Å². The molecule has 26 heavy (non-hydrogen) atoms. The van der Waals surface area contributed by atoms with Crippen molar-refractivity contribution in [2.75, 3.05) is 13.1 Å². The average Bonchev–Trinajstić information content (AvgIpc) is 3.14. The van der Waals surface area contributed by atoms with Crippen LogP contribution in [0.25, 0.3) is 0 Å². The molecule has 1 aliphatic rings. The summed E-state index contributed by atoms with van der Waals surface area (Å²) in [5.74, 6) is 0.0136. The zero-order valence-electron chi connectivity index (χ0n) is 14.8. The number of aromatic nitrogens is 2. The van der Waals surface area contributed by atoms with Gasteiger partial charge in [0, 0.05) is 54.6 Å². The number of nitrogens with zero attached hydrogens (tertiary/aromatic N) is 3. The second-order valence-electron chi connectivity index (χ2n) is 6.74. The van der Waals surface area contributed by atoms with Crippen LogP contribution in [0.15, 0.2) is 43.0 Å². The van der Waals surface area contributed by atoms with Crippen LogP contribution in [0.3, 0.4) is 0 Å². The molecule has 0 bridgehead atoms. The number of benzene rings is 1. The first kappa shape index (κ1) is 18.5. The van der Waals surface area contributed by atoms with Gasteiger partial charge in [-0.3, -0.25) is 9.59 Å².